The van der Waals surface area contributed by atoms with E-state index >= 15 is 0 Å². The summed E-state index contributed by atoms with van der Waals surface area (Å²) in [5, 5.41) is 9.89. The molecule has 0 N–H and O–H groups in total. The minimum absolute atomic E-state index is 0.440. The van der Waals surface area contributed by atoms with Gasteiger partial charge in [-0.2, -0.15) is 0 Å². The number of nitro groups is 1. The van der Waals surface area contributed by atoms with Crippen molar-refractivity contribution in [2.24, 2.45) is 0 Å². The second kappa shape index (κ2) is 5.00. The molecule has 0 spiro atoms. The summed E-state index contributed by atoms with van der Waals surface area (Å²) < 4.78 is 29.2. The molecule has 0 saturated carbocycles. The molecule has 17 heavy (non-hydrogen) atoms. The molecule has 0 unspecified atom stereocenters. The Balaban J connectivity index is 3.49. The number of alkyl halides is 2. The van der Waals surface area contributed by atoms with E-state index in [9.17, 15) is 23.7 Å². The summed E-state index contributed by atoms with van der Waals surface area (Å²) in [6, 6.07) is 0. The Morgan fingerprint density at radius 2 is 2.24 bits per heavy atom. The first kappa shape index (κ1) is 13.2. The Labute approximate surface area is 98.3 Å². The molecule has 1 rings (SSSR count). The van der Waals surface area contributed by atoms with E-state index in [4.69, 9.17) is 11.6 Å². The van der Waals surface area contributed by atoms with Crippen LogP contribution in [0.4, 0.5) is 14.5 Å². The molecule has 1 aromatic rings. The maximum Gasteiger partial charge on any atom is 0.341 e. The van der Waals surface area contributed by atoms with E-state index < -0.39 is 39.3 Å². The highest BCUT2D eigenvalue weighted by atomic mass is 35.5. The molecule has 0 radical (unpaired) electrons. The van der Waals surface area contributed by atoms with Gasteiger partial charge in [0.05, 0.1) is 12.0 Å². The molecule has 0 aromatic carbocycles. The number of aromatic nitrogens is 1. The molecular weight excluding hydrogens is 262 g/mol. The van der Waals surface area contributed by atoms with Gasteiger partial charge in [-0.25, -0.2) is 18.6 Å². The Morgan fingerprint density at radius 1 is 1.65 bits per heavy atom. The second-order valence-electron chi connectivity index (χ2n) is 2.77. The molecule has 1 heterocycles. The summed E-state index contributed by atoms with van der Waals surface area (Å²) in [6.45, 7) is 0. The van der Waals surface area contributed by atoms with Crippen molar-refractivity contribution in [1.82, 2.24) is 4.98 Å². The Bertz CT molecular complexity index is 481. The fourth-order valence-corrected chi connectivity index (χ4v) is 1.37. The highest BCUT2D eigenvalue weighted by Crippen LogP contribution is 2.35. The number of halogens is 3. The van der Waals surface area contributed by atoms with E-state index in [1.54, 1.807) is 0 Å². The van der Waals surface area contributed by atoms with Crippen LogP contribution in [0, 0.1) is 10.1 Å². The van der Waals surface area contributed by atoms with Gasteiger partial charge in [0.15, 0.2) is 5.69 Å². The van der Waals surface area contributed by atoms with Gasteiger partial charge < -0.3 is 4.74 Å². The highest BCUT2D eigenvalue weighted by Gasteiger charge is 2.31. The molecule has 0 amide bonds. The third kappa shape index (κ3) is 2.47. The SMILES string of the molecule is COC(=O)c1cnc(C(F)F)c([N+](=O)[O-])c1Cl. The first-order valence-electron chi connectivity index (χ1n) is 4.09. The lowest BCUT2D eigenvalue weighted by atomic mass is 10.2. The summed E-state index contributed by atoms with van der Waals surface area (Å²) in [5.74, 6) is -0.994. The molecule has 1 aromatic heterocycles. The van der Waals surface area contributed by atoms with Gasteiger partial charge in [0.2, 0.25) is 0 Å². The summed E-state index contributed by atoms with van der Waals surface area (Å²) in [7, 11) is 1.02. The van der Waals surface area contributed by atoms with Gasteiger partial charge in [-0.15, -0.1) is 0 Å². The largest absolute Gasteiger partial charge is 0.465 e. The van der Waals surface area contributed by atoms with Crippen LogP contribution in [0.5, 0.6) is 0 Å². The van der Waals surface area contributed by atoms with Gasteiger partial charge >= 0.3 is 11.7 Å². The van der Waals surface area contributed by atoms with Crippen LogP contribution in [0.2, 0.25) is 5.02 Å². The van der Waals surface area contributed by atoms with E-state index in [-0.39, 0.29) is 0 Å². The highest BCUT2D eigenvalue weighted by molar-refractivity contribution is 6.35. The zero-order valence-corrected chi connectivity index (χ0v) is 9.07. The van der Waals surface area contributed by atoms with Crippen molar-refractivity contribution in [2.45, 2.75) is 6.43 Å². The van der Waals surface area contributed by atoms with Crippen LogP contribution in [-0.2, 0) is 4.74 Å². The summed E-state index contributed by atoms with van der Waals surface area (Å²) >= 11 is 5.51. The van der Waals surface area contributed by atoms with Crippen molar-refractivity contribution in [3.8, 4) is 0 Å². The summed E-state index contributed by atoms with van der Waals surface area (Å²) in [4.78, 5) is 23.8. The Morgan fingerprint density at radius 3 is 2.65 bits per heavy atom. The fraction of sp³-hybridized carbons (Fsp3) is 0.250. The van der Waals surface area contributed by atoms with Crippen molar-refractivity contribution in [3.63, 3.8) is 0 Å². The van der Waals surface area contributed by atoms with E-state index in [1.165, 1.54) is 0 Å². The number of hydrogen-bond acceptors (Lipinski definition) is 5. The smallest absolute Gasteiger partial charge is 0.341 e. The van der Waals surface area contributed by atoms with Crippen LogP contribution in [0.25, 0.3) is 0 Å². The Hall–Kier alpha value is -1.83. The number of pyridine rings is 1. The average Bonchev–Trinajstić information content (AvgIpc) is 2.26. The lowest BCUT2D eigenvalue weighted by molar-refractivity contribution is -0.386. The van der Waals surface area contributed by atoms with Gasteiger partial charge in [-0.05, 0) is 0 Å². The number of carbonyl (C=O) groups is 1. The van der Waals surface area contributed by atoms with E-state index in [0.717, 1.165) is 7.11 Å². The van der Waals surface area contributed by atoms with Gasteiger partial charge in [-0.3, -0.25) is 10.1 Å². The molecule has 0 aliphatic carbocycles. The predicted molar refractivity (Wildman–Crippen MR) is 52.2 cm³/mol. The van der Waals surface area contributed by atoms with Gasteiger partial charge in [0, 0.05) is 6.20 Å². The average molecular weight is 267 g/mol. The molecule has 0 aliphatic heterocycles. The third-order valence-electron chi connectivity index (χ3n) is 1.81. The molecular formula is C8H5ClF2N2O4. The quantitative estimate of drug-likeness (QED) is 0.476. The molecule has 0 fully saturated rings. The predicted octanol–water partition coefficient (Wildman–Crippen LogP) is 2.37. The maximum atomic E-state index is 12.4. The molecule has 0 aliphatic rings. The number of rotatable bonds is 3. The van der Waals surface area contributed by atoms with Crippen LogP contribution in [-0.4, -0.2) is 23.0 Å². The van der Waals surface area contributed by atoms with Crippen molar-refractivity contribution < 1.29 is 23.2 Å². The third-order valence-corrected chi connectivity index (χ3v) is 2.20. The number of carbonyl (C=O) groups excluding carboxylic acids is 1. The van der Waals surface area contributed by atoms with Crippen LogP contribution >= 0.6 is 11.6 Å². The van der Waals surface area contributed by atoms with Crippen molar-refractivity contribution in [3.05, 3.63) is 32.6 Å². The second-order valence-corrected chi connectivity index (χ2v) is 3.15. The van der Waals surface area contributed by atoms with Crippen molar-refractivity contribution in [1.29, 1.82) is 0 Å². The van der Waals surface area contributed by atoms with E-state index in [0.29, 0.717) is 6.20 Å². The monoisotopic (exact) mass is 266 g/mol. The number of ether oxygens (including phenoxy) is 1. The number of methoxy groups -OCH3 is 1. The maximum absolute atomic E-state index is 12.4. The van der Waals surface area contributed by atoms with Crippen LogP contribution in [0.15, 0.2) is 6.20 Å². The van der Waals surface area contributed by atoms with E-state index in [1.807, 2.05) is 0 Å². The molecule has 9 heteroatoms. The number of esters is 1. The normalized spacial score (nSPS) is 10.4. The zero-order chi connectivity index (χ0) is 13.2. The lowest BCUT2D eigenvalue weighted by Crippen LogP contribution is -2.08. The Kier molecular flexibility index (Phi) is 3.89. The van der Waals surface area contributed by atoms with Crippen molar-refractivity contribution >= 4 is 23.3 Å². The van der Waals surface area contributed by atoms with E-state index in [2.05, 4.69) is 9.72 Å². The number of nitrogens with zero attached hydrogens (tertiary/aromatic N) is 2. The molecule has 6 nitrogen and oxygen atoms in total. The molecule has 0 bridgehead atoms. The van der Waals surface area contributed by atoms with Crippen LogP contribution < -0.4 is 0 Å². The molecule has 0 atom stereocenters. The van der Waals surface area contributed by atoms with Gasteiger partial charge in [-0.1, -0.05) is 11.6 Å². The number of hydrogen-bond donors (Lipinski definition) is 0. The summed E-state index contributed by atoms with van der Waals surface area (Å²) in [6.07, 6.45) is -2.46. The minimum atomic E-state index is -3.17. The first-order valence-corrected chi connectivity index (χ1v) is 4.47. The lowest BCUT2D eigenvalue weighted by Gasteiger charge is -2.05. The molecule has 0 saturated heterocycles. The van der Waals surface area contributed by atoms with Gasteiger partial charge in [0.1, 0.15) is 10.6 Å². The van der Waals surface area contributed by atoms with Gasteiger partial charge in [0.25, 0.3) is 6.43 Å². The molecule has 92 valence electrons. The fourth-order valence-electron chi connectivity index (χ4n) is 1.08. The van der Waals surface area contributed by atoms with Crippen LogP contribution in [0.1, 0.15) is 22.5 Å². The standard InChI is InChI=1S/C8H5ClF2N2O4/c1-17-8(14)3-2-12-5(7(10)11)6(4(3)9)13(15)16/h2,7H,1H3. The van der Waals surface area contributed by atoms with Crippen LogP contribution in [0.3, 0.4) is 0 Å². The zero-order valence-electron chi connectivity index (χ0n) is 8.32. The topological polar surface area (TPSA) is 82.3 Å². The van der Waals surface area contributed by atoms with Crippen molar-refractivity contribution in [2.75, 3.05) is 7.11 Å². The summed E-state index contributed by atoms with van der Waals surface area (Å²) in [5.41, 5.74) is -2.62. The first-order chi connectivity index (χ1) is 7.90. The minimum Gasteiger partial charge on any atom is -0.465 e.